The van der Waals surface area contributed by atoms with Crippen molar-refractivity contribution in [3.63, 3.8) is 0 Å². The molecule has 0 aromatic heterocycles. The summed E-state index contributed by atoms with van der Waals surface area (Å²) >= 11 is 0. The van der Waals surface area contributed by atoms with Gasteiger partial charge < -0.3 is 31.7 Å². The van der Waals surface area contributed by atoms with Crippen molar-refractivity contribution < 1.29 is 23.4 Å². The third kappa shape index (κ3) is 7.66. The zero-order valence-electron chi connectivity index (χ0n) is 19.0. The van der Waals surface area contributed by atoms with Crippen LogP contribution in [-0.4, -0.2) is 50.0 Å². The van der Waals surface area contributed by atoms with Crippen molar-refractivity contribution in [3.05, 3.63) is 48.0 Å². The summed E-state index contributed by atoms with van der Waals surface area (Å²) in [5, 5.41) is 30.4. The van der Waals surface area contributed by atoms with E-state index in [-0.39, 0.29) is 43.0 Å². The number of benzene rings is 2. The summed E-state index contributed by atoms with van der Waals surface area (Å²) in [5.74, 6) is 0.528. The zero-order chi connectivity index (χ0) is 24.5. The fourth-order valence-electron chi connectivity index (χ4n) is 3.62. The van der Waals surface area contributed by atoms with Gasteiger partial charge in [0.2, 0.25) is 10.0 Å². The summed E-state index contributed by atoms with van der Waals surface area (Å²) in [6, 6.07) is 11.9. The van der Waals surface area contributed by atoms with E-state index in [1.807, 2.05) is 13.0 Å². The van der Waals surface area contributed by atoms with Crippen LogP contribution < -0.4 is 26.7 Å². The average molecular weight is 481 g/mol. The quantitative estimate of drug-likeness (QED) is 0.221. The van der Waals surface area contributed by atoms with E-state index >= 15 is 0 Å². The van der Waals surface area contributed by atoms with E-state index in [0.717, 1.165) is 12.8 Å². The maximum atomic E-state index is 12.5. The maximum absolute atomic E-state index is 12.5. The third-order valence-electron chi connectivity index (χ3n) is 5.38. The van der Waals surface area contributed by atoms with Gasteiger partial charge in [0.25, 0.3) is 0 Å². The summed E-state index contributed by atoms with van der Waals surface area (Å²) in [7, 11) is -4.18. The van der Waals surface area contributed by atoms with Crippen molar-refractivity contribution in [1.82, 2.24) is 0 Å². The molecule has 0 heterocycles. The molecule has 0 saturated carbocycles. The number of primary sulfonamides is 1. The summed E-state index contributed by atoms with van der Waals surface area (Å²) in [5.41, 5.74) is 10.5. The highest BCUT2D eigenvalue weighted by molar-refractivity contribution is 7.89. The topological polar surface area (TPSA) is 174 Å². The van der Waals surface area contributed by atoms with Crippen LogP contribution in [0.5, 0.6) is 11.5 Å². The zero-order valence-corrected chi connectivity index (χ0v) is 19.9. The van der Waals surface area contributed by atoms with Gasteiger partial charge in [-0.1, -0.05) is 31.5 Å². The Labute approximate surface area is 196 Å². The van der Waals surface area contributed by atoms with Crippen LogP contribution in [0.4, 0.5) is 5.69 Å². The molecule has 2 atom stereocenters. The second-order valence-corrected chi connectivity index (χ2v) is 9.65. The first-order chi connectivity index (χ1) is 15.6. The number of hydrogen-bond acceptors (Lipinski definition) is 8. The molecule has 0 aliphatic rings. The second kappa shape index (κ2) is 12.3. The van der Waals surface area contributed by atoms with E-state index in [4.69, 9.17) is 21.3 Å². The Morgan fingerprint density at radius 2 is 1.85 bits per heavy atom. The highest BCUT2D eigenvalue weighted by atomic mass is 32.2. The van der Waals surface area contributed by atoms with E-state index in [1.54, 1.807) is 30.3 Å². The Balaban J connectivity index is 2.59. The van der Waals surface area contributed by atoms with Gasteiger partial charge in [-0.2, -0.15) is 0 Å². The predicted octanol–water partition coefficient (Wildman–Crippen LogP) is 1.67. The number of ether oxygens (including phenoxy) is 1. The van der Waals surface area contributed by atoms with Crippen molar-refractivity contribution in [2.45, 2.75) is 55.6 Å². The first kappa shape index (κ1) is 27.0. The van der Waals surface area contributed by atoms with Crippen LogP contribution in [0.2, 0.25) is 0 Å². The number of nitrogens with one attached hydrogen (secondary N) is 1. The summed E-state index contributed by atoms with van der Waals surface area (Å²) in [6.45, 7) is 2.94. The van der Waals surface area contributed by atoms with Crippen LogP contribution in [-0.2, 0) is 16.4 Å². The molecule has 0 radical (unpaired) electrons. The van der Waals surface area contributed by atoms with Gasteiger partial charge in [-0.3, -0.25) is 0 Å². The SMILES string of the molecule is CCCCNc1cc(CC(O)(CCN)C(O)CCN)cc(S(N)(=O)=O)c1Oc1ccccc1. The van der Waals surface area contributed by atoms with Gasteiger partial charge in [0.05, 0.1) is 17.4 Å². The van der Waals surface area contributed by atoms with Crippen molar-refractivity contribution >= 4 is 15.7 Å². The maximum Gasteiger partial charge on any atom is 0.241 e. The number of rotatable bonds is 14. The van der Waals surface area contributed by atoms with Gasteiger partial charge in [0.1, 0.15) is 10.6 Å². The molecule has 0 aliphatic carbocycles. The van der Waals surface area contributed by atoms with Gasteiger partial charge in [0, 0.05) is 13.0 Å². The van der Waals surface area contributed by atoms with Crippen LogP contribution in [0.3, 0.4) is 0 Å². The number of unbranched alkanes of at least 4 members (excludes halogenated alkanes) is 1. The lowest BCUT2D eigenvalue weighted by Gasteiger charge is -2.33. The number of hydrogen-bond donors (Lipinski definition) is 6. The number of aliphatic hydroxyl groups excluding tert-OH is 1. The Morgan fingerprint density at radius 1 is 1.15 bits per heavy atom. The van der Waals surface area contributed by atoms with Crippen LogP contribution in [0.25, 0.3) is 0 Å². The molecule has 184 valence electrons. The summed E-state index contributed by atoms with van der Waals surface area (Å²) in [4.78, 5) is -0.216. The lowest BCUT2D eigenvalue weighted by Crippen LogP contribution is -2.46. The molecular weight excluding hydrogens is 444 g/mol. The number of anilines is 1. The molecule has 0 amide bonds. The minimum Gasteiger partial charge on any atom is -0.454 e. The van der Waals surface area contributed by atoms with E-state index in [0.29, 0.717) is 23.5 Å². The van der Waals surface area contributed by atoms with Gasteiger partial charge >= 0.3 is 0 Å². The van der Waals surface area contributed by atoms with Crippen molar-refractivity contribution in [3.8, 4) is 11.5 Å². The molecule has 33 heavy (non-hydrogen) atoms. The minimum atomic E-state index is -4.18. The largest absolute Gasteiger partial charge is 0.454 e. The lowest BCUT2D eigenvalue weighted by molar-refractivity contribution is -0.0803. The van der Waals surface area contributed by atoms with E-state index in [2.05, 4.69) is 5.32 Å². The Hall–Kier alpha value is -2.21. The minimum absolute atomic E-state index is 0.0397. The molecule has 2 aromatic rings. The van der Waals surface area contributed by atoms with Crippen LogP contribution in [0.15, 0.2) is 47.4 Å². The smallest absolute Gasteiger partial charge is 0.241 e. The van der Waals surface area contributed by atoms with E-state index in [9.17, 15) is 18.6 Å². The molecule has 9 N–H and O–H groups in total. The van der Waals surface area contributed by atoms with Crippen LogP contribution in [0.1, 0.15) is 38.2 Å². The lowest BCUT2D eigenvalue weighted by atomic mass is 9.84. The fourth-order valence-corrected chi connectivity index (χ4v) is 4.34. The highest BCUT2D eigenvalue weighted by Gasteiger charge is 2.35. The summed E-state index contributed by atoms with van der Waals surface area (Å²) < 4.78 is 31.0. The van der Waals surface area contributed by atoms with Gasteiger partial charge in [-0.15, -0.1) is 0 Å². The number of nitrogens with two attached hydrogens (primary N) is 3. The third-order valence-corrected chi connectivity index (χ3v) is 6.29. The predicted molar refractivity (Wildman–Crippen MR) is 130 cm³/mol. The Kier molecular flexibility index (Phi) is 10.1. The first-order valence-electron chi connectivity index (χ1n) is 11.1. The number of para-hydroxylation sites is 1. The van der Waals surface area contributed by atoms with E-state index < -0.39 is 21.7 Å². The standard InChI is InChI=1S/C23H36N4O5S/c1-2-3-13-27-19-14-17(16-23(29,10-12-25)21(28)9-11-24)15-20(33(26,30)31)22(19)32-18-7-5-4-6-8-18/h4-8,14-15,21,27-29H,2-3,9-13,16,24-25H2,1H3,(H2,26,30,31). The Morgan fingerprint density at radius 3 is 2.42 bits per heavy atom. The molecule has 0 spiro atoms. The fraction of sp³-hybridized carbons (Fsp3) is 0.478. The molecule has 9 nitrogen and oxygen atoms in total. The Bertz CT molecular complexity index is 988. The first-order valence-corrected chi connectivity index (χ1v) is 12.7. The van der Waals surface area contributed by atoms with Gasteiger partial charge in [0.15, 0.2) is 5.75 Å². The average Bonchev–Trinajstić information content (AvgIpc) is 2.75. The molecule has 0 aliphatic heterocycles. The second-order valence-electron chi connectivity index (χ2n) is 8.12. The molecule has 10 heteroatoms. The van der Waals surface area contributed by atoms with Crippen LogP contribution >= 0.6 is 0 Å². The number of sulfonamides is 1. The molecule has 0 fully saturated rings. The monoisotopic (exact) mass is 480 g/mol. The molecule has 2 unspecified atom stereocenters. The molecular formula is C23H36N4O5S. The molecule has 0 bridgehead atoms. The van der Waals surface area contributed by atoms with E-state index in [1.165, 1.54) is 6.07 Å². The van der Waals surface area contributed by atoms with Crippen LogP contribution in [0, 0.1) is 0 Å². The number of aliphatic hydroxyl groups is 2. The summed E-state index contributed by atoms with van der Waals surface area (Å²) in [6.07, 6.45) is 0.912. The van der Waals surface area contributed by atoms with Crippen molar-refractivity contribution in [2.75, 3.05) is 25.0 Å². The van der Waals surface area contributed by atoms with Gasteiger partial charge in [-0.05, 0) is 62.2 Å². The van der Waals surface area contributed by atoms with Crippen molar-refractivity contribution in [2.24, 2.45) is 16.6 Å². The molecule has 2 rings (SSSR count). The molecule has 2 aromatic carbocycles. The normalized spacial score (nSPS) is 14.5. The molecule has 0 saturated heterocycles. The van der Waals surface area contributed by atoms with Gasteiger partial charge in [-0.25, -0.2) is 13.6 Å². The highest BCUT2D eigenvalue weighted by Crippen LogP contribution is 2.38. The van der Waals surface area contributed by atoms with Crippen molar-refractivity contribution in [1.29, 1.82) is 0 Å².